The van der Waals surface area contributed by atoms with Crippen LogP contribution in [0.1, 0.15) is 20.8 Å². The van der Waals surface area contributed by atoms with Crippen LogP contribution in [0.2, 0.25) is 5.28 Å². The molecule has 2 heterocycles. The molecule has 2 rings (SSSR count). The predicted molar refractivity (Wildman–Crippen MR) is 82.7 cm³/mol. The molecule has 0 saturated carbocycles. The third kappa shape index (κ3) is 3.49. The second-order valence-electron chi connectivity index (χ2n) is 6.24. The third-order valence-corrected chi connectivity index (χ3v) is 3.66. The average molecular weight is 299 g/mol. The van der Waals surface area contributed by atoms with Crippen LogP contribution in [0.15, 0.2) is 0 Å². The number of anilines is 2. The Morgan fingerprint density at radius 1 is 1.00 bits per heavy atom. The van der Waals surface area contributed by atoms with Crippen LogP contribution in [-0.2, 0) is 0 Å². The van der Waals surface area contributed by atoms with Gasteiger partial charge in [0.05, 0.1) is 0 Å². The van der Waals surface area contributed by atoms with E-state index in [2.05, 4.69) is 45.5 Å². The minimum Gasteiger partial charge on any atom is -0.347 e. The highest BCUT2D eigenvalue weighted by Gasteiger charge is 2.27. The maximum absolute atomic E-state index is 5.99. The molecule has 0 N–H and O–H groups in total. The normalized spacial score (nSPS) is 17.4. The summed E-state index contributed by atoms with van der Waals surface area (Å²) in [5, 5.41) is 0.247. The molecule has 0 aliphatic carbocycles. The summed E-state index contributed by atoms with van der Waals surface area (Å²) in [7, 11) is 3.79. The fraction of sp³-hybridized carbons (Fsp3) is 0.769. The van der Waals surface area contributed by atoms with Crippen LogP contribution < -0.4 is 9.80 Å². The Kier molecular flexibility index (Phi) is 4.34. The van der Waals surface area contributed by atoms with Crippen molar-refractivity contribution in [1.82, 2.24) is 19.9 Å². The zero-order valence-corrected chi connectivity index (χ0v) is 13.6. The summed E-state index contributed by atoms with van der Waals surface area (Å²) < 4.78 is 0. The Bertz CT molecular complexity index is 462. The standard InChI is InChI=1S/C13H23ClN6/c1-13(2,3)20-8-6-19(7-9-20)12-16-10(14)15-11(17-12)18(4)5/h6-9H2,1-5H3. The maximum Gasteiger partial charge on any atom is 0.231 e. The Balaban J connectivity index is 2.11. The van der Waals surface area contributed by atoms with Gasteiger partial charge in [0.2, 0.25) is 17.2 Å². The monoisotopic (exact) mass is 298 g/mol. The minimum absolute atomic E-state index is 0.206. The summed E-state index contributed by atoms with van der Waals surface area (Å²) in [4.78, 5) is 19.3. The van der Waals surface area contributed by atoms with Gasteiger partial charge < -0.3 is 9.80 Å². The highest BCUT2D eigenvalue weighted by atomic mass is 35.5. The second kappa shape index (κ2) is 5.69. The average Bonchev–Trinajstić information content (AvgIpc) is 2.37. The van der Waals surface area contributed by atoms with E-state index >= 15 is 0 Å². The van der Waals surface area contributed by atoms with Gasteiger partial charge in [-0.2, -0.15) is 15.0 Å². The van der Waals surface area contributed by atoms with Crippen molar-refractivity contribution in [3.05, 3.63) is 5.28 Å². The molecule has 1 aliphatic rings. The van der Waals surface area contributed by atoms with E-state index in [1.165, 1.54) is 0 Å². The topological polar surface area (TPSA) is 48.4 Å². The highest BCUT2D eigenvalue weighted by molar-refractivity contribution is 6.28. The molecule has 1 aliphatic heterocycles. The molecule has 20 heavy (non-hydrogen) atoms. The van der Waals surface area contributed by atoms with Crippen molar-refractivity contribution in [2.45, 2.75) is 26.3 Å². The molecule has 1 fully saturated rings. The fourth-order valence-corrected chi connectivity index (χ4v) is 2.40. The van der Waals surface area contributed by atoms with E-state index in [4.69, 9.17) is 11.6 Å². The van der Waals surface area contributed by atoms with Gasteiger partial charge in [0.1, 0.15) is 0 Å². The fourth-order valence-electron chi connectivity index (χ4n) is 2.25. The van der Waals surface area contributed by atoms with Crippen molar-refractivity contribution in [1.29, 1.82) is 0 Å². The summed E-state index contributed by atoms with van der Waals surface area (Å²) in [5.41, 5.74) is 0.206. The molecular weight excluding hydrogens is 276 g/mol. The van der Waals surface area contributed by atoms with E-state index in [9.17, 15) is 0 Å². The first kappa shape index (κ1) is 15.3. The summed E-state index contributed by atoms with van der Waals surface area (Å²) in [6, 6.07) is 0. The van der Waals surface area contributed by atoms with E-state index in [0.29, 0.717) is 11.9 Å². The van der Waals surface area contributed by atoms with Crippen molar-refractivity contribution < 1.29 is 0 Å². The second-order valence-corrected chi connectivity index (χ2v) is 6.58. The lowest BCUT2D eigenvalue weighted by atomic mass is 10.1. The van der Waals surface area contributed by atoms with E-state index in [0.717, 1.165) is 26.2 Å². The van der Waals surface area contributed by atoms with E-state index < -0.39 is 0 Å². The smallest absolute Gasteiger partial charge is 0.231 e. The van der Waals surface area contributed by atoms with Crippen LogP contribution in [0.3, 0.4) is 0 Å². The Hall–Kier alpha value is -1.14. The van der Waals surface area contributed by atoms with E-state index in [1.807, 2.05) is 19.0 Å². The van der Waals surface area contributed by atoms with Gasteiger partial charge in [-0.3, -0.25) is 4.90 Å². The summed E-state index contributed by atoms with van der Waals surface area (Å²) in [6.07, 6.45) is 0. The van der Waals surface area contributed by atoms with Crippen molar-refractivity contribution in [3.63, 3.8) is 0 Å². The number of nitrogens with zero attached hydrogens (tertiary/aromatic N) is 6. The van der Waals surface area contributed by atoms with Crippen LogP contribution >= 0.6 is 11.6 Å². The number of hydrogen-bond donors (Lipinski definition) is 0. The molecule has 1 aromatic heterocycles. The largest absolute Gasteiger partial charge is 0.347 e. The van der Waals surface area contributed by atoms with Crippen molar-refractivity contribution in [2.24, 2.45) is 0 Å². The van der Waals surface area contributed by atoms with Crippen LogP contribution in [0, 0.1) is 0 Å². The molecule has 0 spiro atoms. The van der Waals surface area contributed by atoms with E-state index in [1.54, 1.807) is 0 Å². The van der Waals surface area contributed by atoms with Gasteiger partial charge in [0, 0.05) is 45.8 Å². The molecule has 112 valence electrons. The molecule has 1 saturated heterocycles. The molecule has 0 radical (unpaired) electrons. The number of aromatic nitrogens is 3. The first-order valence-corrected chi connectivity index (χ1v) is 7.24. The maximum atomic E-state index is 5.99. The molecule has 6 nitrogen and oxygen atoms in total. The molecule has 0 bridgehead atoms. The highest BCUT2D eigenvalue weighted by Crippen LogP contribution is 2.20. The molecule has 1 aromatic rings. The van der Waals surface area contributed by atoms with Crippen molar-refractivity contribution in [3.8, 4) is 0 Å². The quantitative estimate of drug-likeness (QED) is 0.825. The number of piperazine rings is 1. The Morgan fingerprint density at radius 3 is 2.10 bits per heavy atom. The third-order valence-electron chi connectivity index (χ3n) is 3.50. The predicted octanol–water partition coefficient (Wildman–Crippen LogP) is 1.51. The number of rotatable bonds is 2. The van der Waals surface area contributed by atoms with Gasteiger partial charge in [-0.1, -0.05) is 0 Å². The lowest BCUT2D eigenvalue weighted by molar-refractivity contribution is 0.128. The SMILES string of the molecule is CN(C)c1nc(Cl)nc(N2CCN(C(C)(C)C)CC2)n1. The van der Waals surface area contributed by atoms with Gasteiger partial charge in [0.25, 0.3) is 0 Å². The molecular formula is C13H23ClN6. The Morgan fingerprint density at radius 2 is 1.60 bits per heavy atom. The molecule has 0 atom stereocenters. The van der Waals surface area contributed by atoms with E-state index in [-0.39, 0.29) is 10.8 Å². The summed E-state index contributed by atoms with van der Waals surface area (Å²) >= 11 is 5.99. The van der Waals surface area contributed by atoms with Crippen LogP contribution in [0.4, 0.5) is 11.9 Å². The molecule has 7 heteroatoms. The van der Waals surface area contributed by atoms with Gasteiger partial charge in [0.15, 0.2) is 0 Å². The Labute approximate surface area is 125 Å². The van der Waals surface area contributed by atoms with Gasteiger partial charge >= 0.3 is 0 Å². The minimum atomic E-state index is 0.206. The molecule has 0 aromatic carbocycles. The number of hydrogen-bond acceptors (Lipinski definition) is 6. The summed E-state index contributed by atoms with van der Waals surface area (Å²) in [6.45, 7) is 10.6. The van der Waals surface area contributed by atoms with Crippen LogP contribution in [-0.4, -0.2) is 65.7 Å². The van der Waals surface area contributed by atoms with Gasteiger partial charge in [-0.25, -0.2) is 0 Å². The van der Waals surface area contributed by atoms with Gasteiger partial charge in [-0.15, -0.1) is 0 Å². The van der Waals surface area contributed by atoms with Crippen molar-refractivity contribution >= 4 is 23.5 Å². The first-order valence-electron chi connectivity index (χ1n) is 6.86. The zero-order valence-electron chi connectivity index (χ0n) is 12.9. The van der Waals surface area contributed by atoms with Crippen molar-refractivity contribution in [2.75, 3.05) is 50.1 Å². The van der Waals surface area contributed by atoms with Gasteiger partial charge in [-0.05, 0) is 32.4 Å². The van der Waals surface area contributed by atoms with Crippen LogP contribution in [0.5, 0.6) is 0 Å². The molecule has 0 amide bonds. The first-order chi connectivity index (χ1) is 9.27. The summed E-state index contributed by atoms with van der Waals surface area (Å²) in [5.74, 6) is 1.26. The lowest BCUT2D eigenvalue weighted by Crippen LogP contribution is -2.53. The van der Waals surface area contributed by atoms with Crippen LogP contribution in [0.25, 0.3) is 0 Å². The zero-order chi connectivity index (χ0) is 14.9. The molecule has 0 unspecified atom stereocenters. The number of halogens is 1. The lowest BCUT2D eigenvalue weighted by Gasteiger charge is -2.42.